The number of benzene rings is 2. The summed E-state index contributed by atoms with van der Waals surface area (Å²) in [6.07, 6.45) is 0. The van der Waals surface area contributed by atoms with Crippen LogP contribution in [-0.2, 0) is 9.59 Å². The van der Waals surface area contributed by atoms with E-state index in [1.807, 2.05) is 36.4 Å². The molecule has 0 bridgehead atoms. The van der Waals surface area contributed by atoms with Crippen molar-refractivity contribution in [2.45, 2.75) is 25.9 Å². The lowest BCUT2D eigenvalue weighted by Gasteiger charge is -2.37. The zero-order valence-electron chi connectivity index (χ0n) is 15.5. The molecular formula is C21H21N3O4. The fraction of sp³-hybridized carbons (Fsp3) is 0.190. The predicted octanol–water partition coefficient (Wildman–Crippen LogP) is 3.14. The van der Waals surface area contributed by atoms with Crippen molar-refractivity contribution in [3.63, 3.8) is 0 Å². The molecule has 0 aromatic heterocycles. The van der Waals surface area contributed by atoms with Gasteiger partial charge in [-0.25, -0.2) is 9.59 Å². The highest BCUT2D eigenvalue weighted by atomic mass is 16.4. The van der Waals surface area contributed by atoms with Gasteiger partial charge in [-0.2, -0.15) is 0 Å². The molecule has 7 heteroatoms. The summed E-state index contributed by atoms with van der Waals surface area (Å²) >= 11 is 0. The molecule has 1 aliphatic rings. The van der Waals surface area contributed by atoms with E-state index in [4.69, 9.17) is 0 Å². The number of amides is 3. The van der Waals surface area contributed by atoms with Gasteiger partial charge >= 0.3 is 12.0 Å². The lowest BCUT2D eigenvalue weighted by molar-refractivity contribution is -0.141. The van der Waals surface area contributed by atoms with Crippen LogP contribution >= 0.6 is 0 Å². The second-order valence-electron chi connectivity index (χ2n) is 6.50. The van der Waals surface area contributed by atoms with E-state index in [2.05, 4.69) is 10.6 Å². The topological polar surface area (TPSA) is 98.7 Å². The molecule has 3 rings (SSSR count). The van der Waals surface area contributed by atoms with Crippen LogP contribution in [0.15, 0.2) is 71.9 Å². The summed E-state index contributed by atoms with van der Waals surface area (Å²) in [5.41, 5.74) is 1.94. The smallest absolute Gasteiger partial charge is 0.326 e. The monoisotopic (exact) mass is 379 g/mol. The zero-order valence-corrected chi connectivity index (χ0v) is 15.5. The van der Waals surface area contributed by atoms with Crippen molar-refractivity contribution >= 4 is 23.6 Å². The van der Waals surface area contributed by atoms with Crippen LogP contribution in [0.25, 0.3) is 0 Å². The Labute approximate surface area is 162 Å². The van der Waals surface area contributed by atoms with Crippen LogP contribution in [0.2, 0.25) is 0 Å². The van der Waals surface area contributed by atoms with Crippen LogP contribution < -0.4 is 10.6 Å². The van der Waals surface area contributed by atoms with Gasteiger partial charge in [0.15, 0.2) is 0 Å². The average molecular weight is 379 g/mol. The fourth-order valence-electron chi connectivity index (χ4n) is 3.24. The van der Waals surface area contributed by atoms with Gasteiger partial charge in [0.25, 0.3) is 5.91 Å². The average Bonchev–Trinajstić information content (AvgIpc) is 2.68. The number of anilines is 1. The summed E-state index contributed by atoms with van der Waals surface area (Å²) in [6.45, 7) is 3.00. The van der Waals surface area contributed by atoms with Crippen LogP contribution in [0.1, 0.15) is 25.5 Å². The Balaban J connectivity index is 2.07. The molecule has 7 nitrogen and oxygen atoms in total. The van der Waals surface area contributed by atoms with Gasteiger partial charge in [0.2, 0.25) is 0 Å². The number of carboxylic acids is 1. The molecule has 144 valence electrons. The molecule has 3 N–H and O–H groups in total. The molecular weight excluding hydrogens is 358 g/mol. The Kier molecular flexibility index (Phi) is 5.44. The van der Waals surface area contributed by atoms with Crippen LogP contribution in [0.5, 0.6) is 0 Å². The summed E-state index contributed by atoms with van der Waals surface area (Å²) in [7, 11) is 0. The second kappa shape index (κ2) is 7.96. The molecule has 2 unspecified atom stereocenters. The SMILES string of the molecule is CC1=C(C(=O)Nc2ccccc2)C(c2ccccc2)NC(=O)N1C(C)C(=O)O. The number of carbonyl (C=O) groups is 3. The number of para-hydroxylation sites is 1. The van der Waals surface area contributed by atoms with E-state index in [-0.39, 0.29) is 0 Å². The fourth-order valence-corrected chi connectivity index (χ4v) is 3.24. The van der Waals surface area contributed by atoms with Crippen molar-refractivity contribution in [2.75, 3.05) is 5.32 Å². The van der Waals surface area contributed by atoms with Gasteiger partial charge in [-0.1, -0.05) is 48.5 Å². The number of rotatable bonds is 5. The van der Waals surface area contributed by atoms with Crippen LogP contribution in [0, 0.1) is 0 Å². The maximum Gasteiger partial charge on any atom is 0.326 e. The summed E-state index contributed by atoms with van der Waals surface area (Å²) in [6, 6.07) is 15.7. The number of allylic oxidation sites excluding steroid dienone is 1. The van der Waals surface area contributed by atoms with Gasteiger partial charge in [0, 0.05) is 11.4 Å². The second-order valence-corrected chi connectivity index (χ2v) is 6.50. The highest BCUT2D eigenvalue weighted by Gasteiger charge is 2.39. The summed E-state index contributed by atoms with van der Waals surface area (Å²) in [5.74, 6) is -1.56. The molecule has 0 saturated heterocycles. The Morgan fingerprint density at radius 3 is 2.21 bits per heavy atom. The first kappa shape index (κ1) is 19.2. The minimum absolute atomic E-state index is 0.294. The first-order chi connectivity index (χ1) is 13.4. The number of urea groups is 1. The van der Waals surface area contributed by atoms with Gasteiger partial charge < -0.3 is 15.7 Å². The third-order valence-corrected chi connectivity index (χ3v) is 4.68. The highest BCUT2D eigenvalue weighted by Crippen LogP contribution is 2.32. The van der Waals surface area contributed by atoms with Gasteiger partial charge in [-0.15, -0.1) is 0 Å². The van der Waals surface area contributed by atoms with E-state index in [1.54, 1.807) is 31.2 Å². The first-order valence-electron chi connectivity index (χ1n) is 8.84. The largest absolute Gasteiger partial charge is 0.480 e. The molecule has 1 aliphatic heterocycles. The molecule has 2 aromatic carbocycles. The molecule has 28 heavy (non-hydrogen) atoms. The van der Waals surface area contributed by atoms with Crippen molar-refractivity contribution in [3.8, 4) is 0 Å². The Morgan fingerprint density at radius 2 is 1.64 bits per heavy atom. The van der Waals surface area contributed by atoms with Crippen molar-refractivity contribution < 1.29 is 19.5 Å². The van der Waals surface area contributed by atoms with Gasteiger partial charge in [-0.05, 0) is 31.5 Å². The van der Waals surface area contributed by atoms with E-state index in [0.717, 1.165) is 10.5 Å². The summed E-state index contributed by atoms with van der Waals surface area (Å²) < 4.78 is 0. The first-order valence-corrected chi connectivity index (χ1v) is 8.84. The van der Waals surface area contributed by atoms with Crippen molar-refractivity contribution in [1.82, 2.24) is 10.2 Å². The molecule has 0 saturated carbocycles. The summed E-state index contributed by atoms with van der Waals surface area (Å²) in [4.78, 5) is 38.3. The maximum atomic E-state index is 13.1. The number of carbonyl (C=O) groups excluding carboxylic acids is 2. The van der Waals surface area contributed by atoms with E-state index in [9.17, 15) is 19.5 Å². The predicted molar refractivity (Wildman–Crippen MR) is 104 cm³/mol. The molecule has 0 spiro atoms. The number of hydrogen-bond acceptors (Lipinski definition) is 3. The number of nitrogens with one attached hydrogen (secondary N) is 2. The van der Waals surface area contributed by atoms with Crippen LogP contribution in [0.4, 0.5) is 10.5 Å². The number of hydrogen-bond donors (Lipinski definition) is 3. The van der Waals surface area contributed by atoms with Crippen LogP contribution in [-0.4, -0.2) is 34.0 Å². The molecule has 0 aliphatic carbocycles. The maximum absolute atomic E-state index is 13.1. The number of aliphatic carboxylic acids is 1. The third-order valence-electron chi connectivity index (χ3n) is 4.68. The molecule has 3 amide bonds. The van der Waals surface area contributed by atoms with Crippen molar-refractivity contribution in [3.05, 3.63) is 77.5 Å². The normalized spacial score (nSPS) is 17.7. The van der Waals surface area contributed by atoms with Gasteiger partial charge in [0.1, 0.15) is 6.04 Å². The lowest BCUT2D eigenvalue weighted by atomic mass is 9.93. The van der Waals surface area contributed by atoms with E-state index >= 15 is 0 Å². The molecule has 2 atom stereocenters. The zero-order chi connectivity index (χ0) is 20.3. The quantitative estimate of drug-likeness (QED) is 0.743. The highest BCUT2D eigenvalue weighted by molar-refractivity contribution is 6.07. The van der Waals surface area contributed by atoms with Gasteiger partial charge in [-0.3, -0.25) is 9.69 Å². The molecule has 0 fully saturated rings. The van der Waals surface area contributed by atoms with E-state index in [0.29, 0.717) is 17.0 Å². The third kappa shape index (κ3) is 3.73. The Hall–Kier alpha value is -3.61. The molecule has 2 aromatic rings. The van der Waals surface area contributed by atoms with Gasteiger partial charge in [0.05, 0.1) is 11.6 Å². The molecule has 0 radical (unpaired) electrons. The number of nitrogens with zero attached hydrogens (tertiary/aromatic N) is 1. The van der Waals surface area contributed by atoms with Crippen molar-refractivity contribution in [1.29, 1.82) is 0 Å². The lowest BCUT2D eigenvalue weighted by Crippen LogP contribution is -2.53. The van der Waals surface area contributed by atoms with E-state index < -0.39 is 30.0 Å². The standard InChI is InChI=1S/C21H21N3O4/c1-13-17(19(25)22-16-11-7-4-8-12-16)18(15-9-5-3-6-10-15)23-21(28)24(13)14(2)20(26)27/h3-12,14,18H,1-2H3,(H,22,25)(H,23,28)(H,26,27). The summed E-state index contributed by atoms with van der Waals surface area (Å²) in [5, 5.41) is 15.0. The van der Waals surface area contributed by atoms with Crippen molar-refractivity contribution in [2.24, 2.45) is 0 Å². The minimum Gasteiger partial charge on any atom is -0.480 e. The molecule has 1 heterocycles. The minimum atomic E-state index is -1.16. The van der Waals surface area contributed by atoms with E-state index in [1.165, 1.54) is 6.92 Å². The number of carboxylic acid groups (broad SMARTS) is 1. The Bertz CT molecular complexity index is 925. The Morgan fingerprint density at radius 1 is 1.07 bits per heavy atom. The van der Waals surface area contributed by atoms with Crippen LogP contribution in [0.3, 0.4) is 0 Å².